The van der Waals surface area contributed by atoms with Gasteiger partial charge in [-0.25, -0.2) is 14.0 Å². The van der Waals surface area contributed by atoms with E-state index in [1.165, 1.54) is 12.1 Å². The molecule has 0 radical (unpaired) electrons. The maximum Gasteiger partial charge on any atom is 0.407 e. The Morgan fingerprint density at radius 1 is 1.03 bits per heavy atom. The molecule has 0 saturated heterocycles. The molecule has 31 heavy (non-hydrogen) atoms. The highest BCUT2D eigenvalue weighted by Crippen LogP contribution is 2.44. The van der Waals surface area contributed by atoms with E-state index in [-0.39, 0.29) is 24.5 Å². The van der Waals surface area contributed by atoms with Crippen LogP contribution in [-0.2, 0) is 16.0 Å². The number of aliphatic carboxylic acids is 1. The molecular weight excluding hydrogens is 465 g/mol. The van der Waals surface area contributed by atoms with Crippen LogP contribution in [-0.4, -0.2) is 29.8 Å². The Morgan fingerprint density at radius 2 is 1.65 bits per heavy atom. The van der Waals surface area contributed by atoms with E-state index >= 15 is 0 Å². The van der Waals surface area contributed by atoms with Crippen LogP contribution in [0, 0.1) is 5.82 Å². The third-order valence-electron chi connectivity index (χ3n) is 5.37. The highest BCUT2D eigenvalue weighted by molar-refractivity contribution is 9.10. The summed E-state index contributed by atoms with van der Waals surface area (Å²) in [4.78, 5) is 24.0. The van der Waals surface area contributed by atoms with Crippen molar-refractivity contribution in [2.24, 2.45) is 0 Å². The monoisotopic (exact) mass is 483 g/mol. The summed E-state index contributed by atoms with van der Waals surface area (Å²) in [6.45, 7) is 0.0683. The summed E-state index contributed by atoms with van der Waals surface area (Å²) >= 11 is 3.16. The van der Waals surface area contributed by atoms with Crippen molar-refractivity contribution in [2.75, 3.05) is 6.61 Å². The molecule has 0 heterocycles. The van der Waals surface area contributed by atoms with Gasteiger partial charge in [0.2, 0.25) is 0 Å². The Morgan fingerprint density at radius 3 is 2.23 bits per heavy atom. The number of carbonyl (C=O) groups excluding carboxylic acids is 1. The highest BCUT2D eigenvalue weighted by Gasteiger charge is 2.30. The van der Waals surface area contributed by atoms with Crippen molar-refractivity contribution >= 4 is 28.0 Å². The molecule has 0 unspecified atom stereocenters. The number of benzene rings is 3. The number of hydrogen-bond donors (Lipinski definition) is 2. The molecular formula is C24H19BrFNO4. The number of nitrogens with one attached hydrogen (secondary N) is 1. The number of rotatable bonds is 6. The van der Waals surface area contributed by atoms with E-state index in [0.29, 0.717) is 4.47 Å². The van der Waals surface area contributed by atoms with Crippen LogP contribution < -0.4 is 5.32 Å². The van der Waals surface area contributed by atoms with Crippen molar-refractivity contribution in [3.05, 3.63) is 93.7 Å². The van der Waals surface area contributed by atoms with Gasteiger partial charge < -0.3 is 15.2 Å². The largest absolute Gasteiger partial charge is 0.480 e. The zero-order valence-electron chi connectivity index (χ0n) is 16.3. The molecule has 0 aliphatic heterocycles. The SMILES string of the molecule is O=C(N[C@@H](Cc1ccc(Br)cc1F)C(=O)O)OCC1c2ccccc2-c2ccccc21. The summed E-state index contributed by atoms with van der Waals surface area (Å²) in [7, 11) is 0. The van der Waals surface area contributed by atoms with Gasteiger partial charge in [-0.05, 0) is 39.9 Å². The first-order valence-electron chi connectivity index (χ1n) is 9.72. The number of carboxylic acids is 1. The third kappa shape index (κ3) is 4.46. The molecule has 4 rings (SSSR count). The zero-order chi connectivity index (χ0) is 22.0. The first-order chi connectivity index (χ1) is 14.9. The van der Waals surface area contributed by atoms with Gasteiger partial charge in [0.1, 0.15) is 18.5 Å². The summed E-state index contributed by atoms with van der Waals surface area (Å²) in [5.74, 6) is -1.95. The highest BCUT2D eigenvalue weighted by atomic mass is 79.9. The summed E-state index contributed by atoms with van der Waals surface area (Å²) in [5, 5.41) is 11.8. The first kappa shape index (κ1) is 21.1. The quantitative estimate of drug-likeness (QED) is 0.509. The van der Waals surface area contributed by atoms with Gasteiger partial charge >= 0.3 is 12.1 Å². The molecule has 1 amide bonds. The standard InChI is InChI=1S/C24H19BrFNO4/c25-15-10-9-14(21(26)12-15)11-22(23(28)29)27-24(30)31-13-20-18-7-3-1-5-16(18)17-6-2-4-8-19(17)20/h1-10,12,20,22H,11,13H2,(H,27,30)(H,28,29)/t22-/m0/s1. The van der Waals surface area contributed by atoms with Crippen molar-refractivity contribution in [1.29, 1.82) is 0 Å². The molecule has 3 aromatic rings. The molecule has 1 aliphatic rings. The molecule has 3 aromatic carbocycles. The summed E-state index contributed by atoms with van der Waals surface area (Å²) in [6.07, 6.45) is -1.05. The molecule has 0 spiro atoms. The second-order valence-electron chi connectivity index (χ2n) is 7.30. The van der Waals surface area contributed by atoms with E-state index in [2.05, 4.69) is 21.2 Å². The van der Waals surface area contributed by atoms with E-state index in [0.717, 1.165) is 22.3 Å². The molecule has 0 bridgehead atoms. The van der Waals surface area contributed by atoms with Gasteiger partial charge in [0.05, 0.1) is 0 Å². The van der Waals surface area contributed by atoms with Crippen LogP contribution in [0.5, 0.6) is 0 Å². The molecule has 5 nitrogen and oxygen atoms in total. The predicted molar refractivity (Wildman–Crippen MR) is 117 cm³/mol. The normalized spacial score (nSPS) is 13.2. The second kappa shape index (κ2) is 8.89. The minimum absolute atomic E-state index is 0.0683. The topological polar surface area (TPSA) is 75.6 Å². The van der Waals surface area contributed by atoms with Gasteiger partial charge in [-0.15, -0.1) is 0 Å². The Bertz CT molecular complexity index is 1100. The Kier molecular flexibility index (Phi) is 6.04. The van der Waals surface area contributed by atoms with Crippen LogP contribution >= 0.6 is 15.9 Å². The fourth-order valence-electron chi connectivity index (χ4n) is 3.89. The molecule has 2 N–H and O–H groups in total. The van der Waals surface area contributed by atoms with Gasteiger partial charge in [-0.2, -0.15) is 0 Å². The van der Waals surface area contributed by atoms with Crippen molar-refractivity contribution < 1.29 is 23.8 Å². The number of ether oxygens (including phenoxy) is 1. The van der Waals surface area contributed by atoms with E-state index in [1.54, 1.807) is 6.07 Å². The molecule has 1 aliphatic carbocycles. The van der Waals surface area contributed by atoms with Crippen LogP contribution in [0.4, 0.5) is 9.18 Å². The summed E-state index contributed by atoms with van der Waals surface area (Å²) < 4.78 is 20.0. The Hall–Kier alpha value is -3.19. The van der Waals surface area contributed by atoms with Crippen LogP contribution in [0.25, 0.3) is 11.1 Å². The number of hydrogen-bond acceptors (Lipinski definition) is 3. The maximum absolute atomic E-state index is 14.1. The number of carboxylic acid groups (broad SMARTS) is 1. The van der Waals surface area contributed by atoms with E-state index in [1.807, 2.05) is 48.5 Å². The van der Waals surface area contributed by atoms with E-state index in [9.17, 15) is 19.1 Å². The van der Waals surface area contributed by atoms with Crippen LogP contribution in [0.15, 0.2) is 71.2 Å². The van der Waals surface area contributed by atoms with Crippen LogP contribution in [0.2, 0.25) is 0 Å². The zero-order valence-corrected chi connectivity index (χ0v) is 17.9. The lowest BCUT2D eigenvalue weighted by Gasteiger charge is -2.18. The lowest BCUT2D eigenvalue weighted by Crippen LogP contribution is -2.43. The Balaban J connectivity index is 1.44. The average molecular weight is 484 g/mol. The van der Waals surface area contributed by atoms with Gasteiger partial charge in [-0.1, -0.05) is 70.5 Å². The fourth-order valence-corrected chi connectivity index (χ4v) is 4.22. The number of halogens is 2. The predicted octanol–water partition coefficient (Wildman–Crippen LogP) is 5.12. The molecule has 0 saturated carbocycles. The first-order valence-corrected chi connectivity index (χ1v) is 10.5. The van der Waals surface area contributed by atoms with Gasteiger partial charge in [0.25, 0.3) is 0 Å². The number of amides is 1. The molecule has 1 atom stereocenters. The van der Waals surface area contributed by atoms with Crippen molar-refractivity contribution in [3.8, 4) is 11.1 Å². The van der Waals surface area contributed by atoms with Crippen molar-refractivity contribution in [3.63, 3.8) is 0 Å². The number of fused-ring (bicyclic) bond motifs is 3. The minimum Gasteiger partial charge on any atom is -0.480 e. The van der Waals surface area contributed by atoms with Gasteiger partial charge in [0, 0.05) is 16.8 Å². The van der Waals surface area contributed by atoms with E-state index < -0.39 is 23.9 Å². The maximum atomic E-state index is 14.1. The molecule has 158 valence electrons. The smallest absolute Gasteiger partial charge is 0.407 e. The molecule has 0 fully saturated rings. The van der Waals surface area contributed by atoms with Gasteiger partial charge in [0.15, 0.2) is 0 Å². The lowest BCUT2D eigenvalue weighted by molar-refractivity contribution is -0.139. The number of alkyl carbamates (subject to hydrolysis) is 1. The fraction of sp³-hybridized carbons (Fsp3) is 0.167. The van der Waals surface area contributed by atoms with Crippen LogP contribution in [0.3, 0.4) is 0 Å². The molecule has 7 heteroatoms. The summed E-state index contributed by atoms with van der Waals surface area (Å²) in [6, 6.07) is 18.9. The van der Waals surface area contributed by atoms with Crippen molar-refractivity contribution in [1.82, 2.24) is 5.32 Å². The summed E-state index contributed by atoms with van der Waals surface area (Å²) in [5.41, 5.74) is 4.50. The lowest BCUT2D eigenvalue weighted by atomic mass is 9.98. The van der Waals surface area contributed by atoms with Crippen LogP contribution in [0.1, 0.15) is 22.6 Å². The van der Waals surface area contributed by atoms with E-state index in [4.69, 9.17) is 4.74 Å². The average Bonchev–Trinajstić information content (AvgIpc) is 3.07. The van der Waals surface area contributed by atoms with Crippen molar-refractivity contribution in [2.45, 2.75) is 18.4 Å². The second-order valence-corrected chi connectivity index (χ2v) is 8.22. The number of carbonyl (C=O) groups is 2. The molecule has 0 aromatic heterocycles. The third-order valence-corrected chi connectivity index (χ3v) is 5.87. The van der Waals surface area contributed by atoms with Gasteiger partial charge in [-0.3, -0.25) is 0 Å². The Labute approximate surface area is 187 Å². The minimum atomic E-state index is -1.31.